The third-order valence-corrected chi connectivity index (χ3v) is 1.96. The lowest BCUT2D eigenvalue weighted by Gasteiger charge is -1.97. The minimum Gasteiger partial charge on any atom is -0.264 e. The summed E-state index contributed by atoms with van der Waals surface area (Å²) in [5.74, 6) is 0. The first-order valence-electron chi connectivity index (χ1n) is 6.31. The van der Waals surface area contributed by atoms with E-state index < -0.39 is 20.8 Å². The molecule has 0 aliphatic rings. The maximum absolute atomic E-state index is 8.74. The monoisotopic (exact) mass is 338 g/mol. The van der Waals surface area contributed by atoms with Gasteiger partial charge in [-0.2, -0.15) is 16.8 Å². The third-order valence-electron chi connectivity index (χ3n) is 1.96. The van der Waals surface area contributed by atoms with E-state index in [0.29, 0.717) is 0 Å². The van der Waals surface area contributed by atoms with Crippen molar-refractivity contribution >= 4 is 20.8 Å². The maximum Gasteiger partial charge on any atom is 0.394 e. The minimum atomic E-state index is -4.67. The van der Waals surface area contributed by atoms with Crippen LogP contribution in [0.5, 0.6) is 0 Å². The Labute approximate surface area is 121 Å². The van der Waals surface area contributed by atoms with Gasteiger partial charge >= 0.3 is 20.8 Å². The van der Waals surface area contributed by atoms with Crippen molar-refractivity contribution in [3.05, 3.63) is 0 Å². The zero-order valence-electron chi connectivity index (χ0n) is 11.9. The van der Waals surface area contributed by atoms with Crippen LogP contribution in [-0.2, 0) is 20.8 Å². The van der Waals surface area contributed by atoms with E-state index in [2.05, 4.69) is 13.8 Å². The molecule has 0 fully saturated rings. The van der Waals surface area contributed by atoms with Crippen molar-refractivity contribution in [1.29, 1.82) is 0 Å². The van der Waals surface area contributed by atoms with Crippen molar-refractivity contribution in [2.24, 2.45) is 0 Å². The Kier molecular flexibility index (Phi) is 18.7. The van der Waals surface area contributed by atoms with Crippen molar-refractivity contribution in [3.63, 3.8) is 0 Å². The lowest BCUT2D eigenvalue weighted by atomic mass is 10.1. The van der Waals surface area contributed by atoms with Gasteiger partial charge in [0.2, 0.25) is 0 Å². The molecule has 0 radical (unpaired) electrons. The molecule has 10 heteroatoms. The van der Waals surface area contributed by atoms with Crippen LogP contribution in [0.4, 0.5) is 0 Å². The van der Waals surface area contributed by atoms with E-state index in [-0.39, 0.29) is 0 Å². The Morgan fingerprint density at radius 1 is 0.550 bits per heavy atom. The van der Waals surface area contributed by atoms with Gasteiger partial charge in [-0.25, -0.2) is 0 Å². The van der Waals surface area contributed by atoms with Crippen molar-refractivity contribution in [2.75, 3.05) is 0 Å². The summed E-state index contributed by atoms with van der Waals surface area (Å²) in [4.78, 5) is 0. The molecule has 0 spiro atoms. The van der Waals surface area contributed by atoms with Crippen LogP contribution in [0.3, 0.4) is 0 Å². The maximum atomic E-state index is 8.74. The van der Waals surface area contributed by atoms with E-state index in [9.17, 15) is 0 Å². The van der Waals surface area contributed by atoms with E-state index >= 15 is 0 Å². The Morgan fingerprint density at radius 3 is 0.850 bits per heavy atom. The molecule has 0 saturated heterocycles. The molecule has 0 aromatic rings. The summed E-state index contributed by atoms with van der Waals surface area (Å²) in [5.41, 5.74) is 0. The highest BCUT2D eigenvalue weighted by Crippen LogP contribution is 2.07. The van der Waals surface area contributed by atoms with E-state index in [1.165, 1.54) is 51.4 Å². The van der Waals surface area contributed by atoms with Crippen LogP contribution in [0.2, 0.25) is 0 Å². The molecule has 0 heterocycles. The van der Waals surface area contributed by atoms with Crippen LogP contribution in [0.15, 0.2) is 0 Å². The predicted octanol–water partition coefficient (Wildman–Crippen LogP) is 2.84. The molecule has 0 aromatic heterocycles. The van der Waals surface area contributed by atoms with Crippen molar-refractivity contribution in [3.8, 4) is 0 Å². The van der Waals surface area contributed by atoms with Gasteiger partial charge in [0, 0.05) is 0 Å². The summed E-state index contributed by atoms with van der Waals surface area (Å²) in [5, 5.41) is 0. The molecule has 0 atom stereocenters. The van der Waals surface area contributed by atoms with Crippen LogP contribution in [0.25, 0.3) is 0 Å². The minimum absolute atomic E-state index is 1.37. The average molecular weight is 338 g/mol. The highest BCUT2D eigenvalue weighted by molar-refractivity contribution is 7.80. The van der Waals surface area contributed by atoms with Gasteiger partial charge in [0.05, 0.1) is 0 Å². The predicted molar refractivity (Wildman–Crippen MR) is 76.6 cm³/mol. The molecule has 0 amide bonds. The summed E-state index contributed by atoms with van der Waals surface area (Å²) < 4.78 is 63.2. The number of rotatable bonds is 7. The van der Waals surface area contributed by atoms with Gasteiger partial charge in [0.25, 0.3) is 0 Å². The average Bonchev–Trinajstić information content (AvgIpc) is 2.18. The molecule has 20 heavy (non-hydrogen) atoms. The van der Waals surface area contributed by atoms with Crippen molar-refractivity contribution in [1.82, 2.24) is 0 Å². The Hall–Kier alpha value is -0.260. The Balaban J connectivity index is -0.000000244. The quantitative estimate of drug-likeness (QED) is 0.409. The van der Waals surface area contributed by atoms with Gasteiger partial charge in [-0.3, -0.25) is 18.2 Å². The standard InChI is InChI=1S/C10H22.2H2O4S/c1-3-5-7-9-10-8-6-4-2;2*1-5(2,3)4/h3-10H2,1-2H3;2*(H2,1,2,3,4). The topological polar surface area (TPSA) is 149 Å². The van der Waals surface area contributed by atoms with E-state index in [1.54, 1.807) is 0 Å². The second-order valence-electron chi connectivity index (χ2n) is 4.02. The number of hydrogen-bond donors (Lipinski definition) is 4. The largest absolute Gasteiger partial charge is 0.394 e. The lowest BCUT2D eigenvalue weighted by molar-refractivity contribution is 0.378. The molecule has 126 valence electrons. The SMILES string of the molecule is CCCCCCCCCC.O=S(=O)(O)O.O=S(=O)(O)O. The van der Waals surface area contributed by atoms with E-state index in [4.69, 9.17) is 35.0 Å². The van der Waals surface area contributed by atoms with Crippen LogP contribution in [0, 0.1) is 0 Å². The van der Waals surface area contributed by atoms with E-state index in [0.717, 1.165) is 0 Å². The fourth-order valence-electron chi connectivity index (χ4n) is 1.21. The number of unbranched alkanes of at least 4 members (excludes halogenated alkanes) is 7. The smallest absolute Gasteiger partial charge is 0.264 e. The molecule has 0 aromatic carbocycles. The van der Waals surface area contributed by atoms with Gasteiger partial charge in [0.15, 0.2) is 0 Å². The zero-order valence-corrected chi connectivity index (χ0v) is 13.5. The molecule has 0 rings (SSSR count). The second-order valence-corrected chi connectivity index (χ2v) is 5.81. The van der Waals surface area contributed by atoms with Gasteiger partial charge in [-0.15, -0.1) is 0 Å². The summed E-state index contributed by atoms with van der Waals surface area (Å²) in [6, 6.07) is 0. The van der Waals surface area contributed by atoms with Gasteiger partial charge in [0.1, 0.15) is 0 Å². The van der Waals surface area contributed by atoms with Gasteiger partial charge in [-0.1, -0.05) is 65.2 Å². The van der Waals surface area contributed by atoms with Crippen LogP contribution in [-0.4, -0.2) is 35.0 Å². The van der Waals surface area contributed by atoms with Crippen molar-refractivity contribution < 1.29 is 35.0 Å². The van der Waals surface area contributed by atoms with Crippen LogP contribution in [0.1, 0.15) is 65.2 Å². The summed E-state index contributed by atoms with van der Waals surface area (Å²) in [6.45, 7) is 4.54. The summed E-state index contributed by atoms with van der Waals surface area (Å²) in [6.07, 6.45) is 11.5. The lowest BCUT2D eigenvalue weighted by Crippen LogP contribution is -1.89. The normalized spacial score (nSPS) is 10.9. The highest BCUT2D eigenvalue weighted by Gasteiger charge is 1.87. The first kappa shape index (κ1) is 24.7. The first-order chi connectivity index (χ1) is 8.91. The third kappa shape index (κ3) is 109. The molecule has 0 aliphatic heterocycles. The Bertz CT molecular complexity index is 320. The van der Waals surface area contributed by atoms with Crippen LogP contribution < -0.4 is 0 Å². The molecule has 0 saturated carbocycles. The molecule has 4 N–H and O–H groups in total. The first-order valence-corrected chi connectivity index (χ1v) is 9.11. The van der Waals surface area contributed by atoms with Crippen LogP contribution >= 0.6 is 0 Å². The second kappa shape index (κ2) is 15.1. The van der Waals surface area contributed by atoms with Gasteiger partial charge < -0.3 is 0 Å². The fourth-order valence-corrected chi connectivity index (χ4v) is 1.21. The molecule has 8 nitrogen and oxygen atoms in total. The van der Waals surface area contributed by atoms with Crippen molar-refractivity contribution in [2.45, 2.75) is 65.2 Å². The molecule has 0 unspecified atom stereocenters. The molecular formula is C10H26O8S2. The summed E-state index contributed by atoms with van der Waals surface area (Å²) >= 11 is 0. The molecule has 0 aliphatic carbocycles. The molecular weight excluding hydrogens is 312 g/mol. The Morgan fingerprint density at radius 2 is 0.700 bits per heavy atom. The number of hydrogen-bond acceptors (Lipinski definition) is 4. The highest BCUT2D eigenvalue weighted by atomic mass is 32.3. The zero-order chi connectivity index (χ0) is 16.7. The van der Waals surface area contributed by atoms with Gasteiger partial charge in [-0.05, 0) is 0 Å². The summed E-state index contributed by atoms with van der Waals surface area (Å²) in [7, 11) is -9.33. The fraction of sp³-hybridized carbons (Fsp3) is 1.00. The van der Waals surface area contributed by atoms with E-state index in [1.807, 2.05) is 0 Å². The molecule has 0 bridgehead atoms.